The molecule has 1 heterocycles. The van der Waals surface area contributed by atoms with E-state index in [1.54, 1.807) is 0 Å². The predicted octanol–water partition coefficient (Wildman–Crippen LogP) is 5.47. The fourth-order valence-electron chi connectivity index (χ4n) is 4.66. The molecule has 5 rings (SSSR count). The first-order valence-corrected chi connectivity index (χ1v) is 12.0. The minimum absolute atomic E-state index is 0.0789. The van der Waals surface area contributed by atoms with Crippen molar-refractivity contribution in [2.75, 3.05) is 19.6 Å². The molecular weight excluding hydrogens is 420 g/mol. The number of hydrogen-bond acceptors (Lipinski definition) is 3. The summed E-state index contributed by atoms with van der Waals surface area (Å²) in [6, 6.07) is 32.5. The van der Waals surface area contributed by atoms with Crippen LogP contribution in [0.2, 0.25) is 0 Å². The monoisotopic (exact) mass is 450 g/mol. The molecule has 172 valence electrons. The van der Waals surface area contributed by atoms with Crippen LogP contribution in [0.4, 0.5) is 0 Å². The van der Waals surface area contributed by atoms with Crippen molar-refractivity contribution in [1.29, 1.82) is 0 Å². The number of nitrogens with one attached hydrogen (secondary N) is 1. The third-order valence-corrected chi connectivity index (χ3v) is 6.39. The van der Waals surface area contributed by atoms with E-state index in [9.17, 15) is 4.79 Å². The third-order valence-electron chi connectivity index (χ3n) is 6.39. The number of nitrogens with zero attached hydrogens (tertiary/aromatic N) is 1. The summed E-state index contributed by atoms with van der Waals surface area (Å²) >= 11 is 0. The zero-order chi connectivity index (χ0) is 23.2. The molecular formula is C30H30N2O2. The molecule has 34 heavy (non-hydrogen) atoms. The van der Waals surface area contributed by atoms with E-state index in [2.05, 4.69) is 41.7 Å². The van der Waals surface area contributed by atoms with Crippen molar-refractivity contribution in [3.05, 3.63) is 114 Å². The molecule has 4 nitrogen and oxygen atoms in total. The molecule has 1 amide bonds. The zero-order valence-corrected chi connectivity index (χ0v) is 19.3. The molecule has 1 aliphatic heterocycles. The Morgan fingerprint density at radius 3 is 2.53 bits per heavy atom. The molecule has 0 aromatic heterocycles. The number of carbonyl (C=O) groups excluding carboxylic acids is 1. The van der Waals surface area contributed by atoms with Gasteiger partial charge in [0.05, 0.1) is 0 Å². The predicted molar refractivity (Wildman–Crippen MR) is 137 cm³/mol. The van der Waals surface area contributed by atoms with Gasteiger partial charge in [0, 0.05) is 31.6 Å². The second-order valence-electron chi connectivity index (χ2n) is 8.85. The number of ether oxygens (including phenoxy) is 1. The molecule has 4 heteroatoms. The van der Waals surface area contributed by atoms with Gasteiger partial charge in [0.1, 0.15) is 11.9 Å². The maximum Gasteiger partial charge on any atom is 0.254 e. The van der Waals surface area contributed by atoms with Crippen molar-refractivity contribution in [1.82, 2.24) is 10.2 Å². The summed E-state index contributed by atoms with van der Waals surface area (Å²) in [5, 5.41) is 5.62. The Labute approximate surface area is 201 Å². The molecule has 0 saturated carbocycles. The van der Waals surface area contributed by atoms with E-state index < -0.39 is 0 Å². The Bertz CT molecular complexity index is 1220. The van der Waals surface area contributed by atoms with E-state index in [0.717, 1.165) is 53.6 Å². The van der Waals surface area contributed by atoms with Crippen LogP contribution in [0.5, 0.6) is 5.75 Å². The van der Waals surface area contributed by atoms with Crippen LogP contribution in [0.25, 0.3) is 10.8 Å². The standard InChI is InChI=1S/C30H30N2O2/c33-30(28-16-8-14-24-12-4-6-15-27(24)28)32(22-23-10-2-1-3-11-23)19-9-18-31-21-26-20-25-13-5-7-17-29(25)34-26/h1-8,10-17,26,31H,9,18-22H2. The summed E-state index contributed by atoms with van der Waals surface area (Å²) in [6.07, 6.45) is 2.00. The lowest BCUT2D eigenvalue weighted by atomic mass is 10.0. The molecule has 0 spiro atoms. The SMILES string of the molecule is O=C(c1cccc2ccccc12)N(CCCNCC1Cc2ccccc2O1)Cc1ccccc1. The van der Waals surface area contributed by atoms with Gasteiger partial charge in [-0.25, -0.2) is 0 Å². The number of hydrogen-bond donors (Lipinski definition) is 1. The minimum Gasteiger partial charge on any atom is -0.488 e. The summed E-state index contributed by atoms with van der Waals surface area (Å²) in [4.78, 5) is 15.6. The summed E-state index contributed by atoms with van der Waals surface area (Å²) < 4.78 is 6.02. The highest BCUT2D eigenvalue weighted by molar-refractivity contribution is 6.07. The van der Waals surface area contributed by atoms with Crippen molar-refractivity contribution < 1.29 is 9.53 Å². The number of para-hydroxylation sites is 1. The maximum absolute atomic E-state index is 13.6. The normalized spacial score (nSPS) is 14.5. The van der Waals surface area contributed by atoms with E-state index in [1.165, 1.54) is 5.56 Å². The van der Waals surface area contributed by atoms with E-state index in [-0.39, 0.29) is 12.0 Å². The highest BCUT2D eigenvalue weighted by Gasteiger charge is 2.22. The van der Waals surface area contributed by atoms with Gasteiger partial charge in [-0.1, -0.05) is 84.9 Å². The third kappa shape index (κ3) is 5.13. The molecule has 0 bridgehead atoms. The maximum atomic E-state index is 13.6. The van der Waals surface area contributed by atoms with Crippen molar-refractivity contribution in [3.63, 3.8) is 0 Å². The minimum atomic E-state index is 0.0789. The quantitative estimate of drug-likeness (QED) is 0.344. The first-order valence-electron chi connectivity index (χ1n) is 12.0. The fraction of sp³-hybridized carbons (Fsp3) is 0.233. The number of fused-ring (bicyclic) bond motifs is 2. The number of amides is 1. The Hall–Kier alpha value is -3.63. The van der Waals surface area contributed by atoms with Crippen molar-refractivity contribution in [3.8, 4) is 5.75 Å². The van der Waals surface area contributed by atoms with Crippen LogP contribution in [0, 0.1) is 0 Å². The summed E-state index contributed by atoms with van der Waals surface area (Å²) in [5.41, 5.74) is 3.18. The first kappa shape index (κ1) is 22.2. The molecule has 1 N–H and O–H groups in total. The van der Waals surface area contributed by atoms with Crippen LogP contribution in [-0.2, 0) is 13.0 Å². The lowest BCUT2D eigenvalue weighted by Gasteiger charge is -2.24. The van der Waals surface area contributed by atoms with Gasteiger partial charge in [-0.2, -0.15) is 0 Å². The molecule has 4 aromatic carbocycles. The van der Waals surface area contributed by atoms with E-state index in [0.29, 0.717) is 13.1 Å². The molecule has 0 radical (unpaired) electrons. The van der Waals surface area contributed by atoms with E-state index in [1.807, 2.05) is 65.6 Å². The van der Waals surface area contributed by atoms with Crippen LogP contribution < -0.4 is 10.1 Å². The molecule has 0 aliphatic carbocycles. The highest BCUT2D eigenvalue weighted by Crippen LogP contribution is 2.27. The zero-order valence-electron chi connectivity index (χ0n) is 19.3. The van der Waals surface area contributed by atoms with Gasteiger partial charge in [0.25, 0.3) is 5.91 Å². The van der Waals surface area contributed by atoms with Crippen LogP contribution in [0.15, 0.2) is 97.1 Å². The summed E-state index contributed by atoms with van der Waals surface area (Å²) in [5.74, 6) is 1.08. The molecule has 1 aliphatic rings. The average molecular weight is 451 g/mol. The Morgan fingerprint density at radius 1 is 0.882 bits per heavy atom. The number of benzene rings is 4. The van der Waals surface area contributed by atoms with Gasteiger partial charge in [-0.3, -0.25) is 4.79 Å². The number of rotatable bonds is 9. The van der Waals surface area contributed by atoms with Crippen molar-refractivity contribution in [2.24, 2.45) is 0 Å². The number of carbonyl (C=O) groups is 1. The van der Waals surface area contributed by atoms with Crippen molar-refractivity contribution in [2.45, 2.75) is 25.5 Å². The van der Waals surface area contributed by atoms with Crippen molar-refractivity contribution >= 4 is 16.7 Å². The average Bonchev–Trinajstić information content (AvgIpc) is 3.30. The Morgan fingerprint density at radius 2 is 1.65 bits per heavy atom. The topological polar surface area (TPSA) is 41.6 Å². The molecule has 0 fully saturated rings. The van der Waals surface area contributed by atoms with Gasteiger partial charge >= 0.3 is 0 Å². The highest BCUT2D eigenvalue weighted by atomic mass is 16.5. The fourth-order valence-corrected chi connectivity index (χ4v) is 4.66. The van der Waals surface area contributed by atoms with Gasteiger partial charge in [-0.15, -0.1) is 0 Å². The van der Waals surface area contributed by atoms with Gasteiger partial charge in [-0.05, 0) is 47.0 Å². The van der Waals surface area contributed by atoms with Crippen LogP contribution in [0.3, 0.4) is 0 Å². The summed E-state index contributed by atoms with van der Waals surface area (Å²) in [7, 11) is 0. The smallest absolute Gasteiger partial charge is 0.254 e. The molecule has 4 aromatic rings. The molecule has 1 atom stereocenters. The van der Waals surface area contributed by atoms with Gasteiger partial charge < -0.3 is 15.0 Å². The molecule has 0 saturated heterocycles. The summed E-state index contributed by atoms with van der Waals surface area (Å²) in [6.45, 7) is 2.94. The van der Waals surface area contributed by atoms with E-state index in [4.69, 9.17) is 4.74 Å². The lowest BCUT2D eigenvalue weighted by molar-refractivity contribution is 0.0742. The molecule has 1 unspecified atom stereocenters. The first-order chi connectivity index (χ1) is 16.8. The Balaban J connectivity index is 1.21. The second-order valence-corrected chi connectivity index (χ2v) is 8.85. The van der Waals surface area contributed by atoms with Crippen LogP contribution >= 0.6 is 0 Å². The van der Waals surface area contributed by atoms with Crippen LogP contribution in [-0.4, -0.2) is 36.5 Å². The largest absolute Gasteiger partial charge is 0.488 e. The van der Waals surface area contributed by atoms with Gasteiger partial charge in [0.15, 0.2) is 0 Å². The van der Waals surface area contributed by atoms with E-state index >= 15 is 0 Å². The Kier molecular flexibility index (Phi) is 6.87. The van der Waals surface area contributed by atoms with Crippen LogP contribution in [0.1, 0.15) is 27.9 Å². The second kappa shape index (κ2) is 10.5. The van der Waals surface area contributed by atoms with Gasteiger partial charge in [0.2, 0.25) is 0 Å². The lowest BCUT2D eigenvalue weighted by Crippen LogP contribution is -2.35.